The smallest absolute Gasteiger partial charge is 0.330 e. The predicted octanol–water partition coefficient (Wildman–Crippen LogP) is 2.65. The highest BCUT2D eigenvalue weighted by molar-refractivity contribution is 5.82. The first kappa shape index (κ1) is 15.8. The number of benzene rings is 2. The van der Waals surface area contributed by atoms with Gasteiger partial charge in [0.05, 0.1) is 0 Å². The van der Waals surface area contributed by atoms with E-state index >= 15 is 0 Å². The van der Waals surface area contributed by atoms with Crippen molar-refractivity contribution in [2.45, 2.75) is 19.8 Å². The molecule has 0 aliphatic carbocycles. The Hall–Kier alpha value is -2.62. The Morgan fingerprint density at radius 1 is 1.05 bits per heavy atom. The summed E-state index contributed by atoms with van der Waals surface area (Å²) < 4.78 is 5.15. The molecule has 2 aromatic rings. The molecule has 0 aliphatic heterocycles. The Bertz CT molecular complexity index is 638. The molecule has 0 atom stereocenters. The van der Waals surface area contributed by atoms with Crippen LogP contribution >= 0.6 is 0 Å². The van der Waals surface area contributed by atoms with Gasteiger partial charge in [0.2, 0.25) is 5.91 Å². The third-order valence-electron chi connectivity index (χ3n) is 3.13. The van der Waals surface area contributed by atoms with Crippen LogP contribution in [0, 0.1) is 6.92 Å². The van der Waals surface area contributed by atoms with Gasteiger partial charge in [-0.1, -0.05) is 42.5 Å². The van der Waals surface area contributed by atoms with E-state index < -0.39 is 5.97 Å². The summed E-state index contributed by atoms with van der Waals surface area (Å²) >= 11 is 0. The van der Waals surface area contributed by atoms with Crippen LogP contribution in [0.25, 0.3) is 0 Å². The highest BCUT2D eigenvalue weighted by atomic mass is 16.5. The zero-order valence-corrected chi connectivity index (χ0v) is 12.5. The van der Waals surface area contributed by atoms with Crippen LogP contribution in [0.15, 0.2) is 54.6 Å². The Morgan fingerprint density at radius 3 is 2.55 bits per heavy atom. The minimum atomic E-state index is -0.473. The molecule has 4 heteroatoms. The first-order valence-electron chi connectivity index (χ1n) is 7.21. The number of ether oxygens (including phenoxy) is 1. The molecule has 0 aliphatic rings. The van der Waals surface area contributed by atoms with E-state index in [1.54, 1.807) is 12.1 Å². The predicted molar refractivity (Wildman–Crippen MR) is 84.6 cm³/mol. The van der Waals surface area contributed by atoms with Crippen LogP contribution in [0.1, 0.15) is 17.5 Å². The molecule has 0 saturated heterocycles. The van der Waals surface area contributed by atoms with Crippen molar-refractivity contribution in [2.24, 2.45) is 0 Å². The molecule has 0 fully saturated rings. The van der Waals surface area contributed by atoms with Crippen molar-refractivity contribution < 1.29 is 14.3 Å². The third-order valence-corrected chi connectivity index (χ3v) is 3.13. The van der Waals surface area contributed by atoms with Gasteiger partial charge in [0, 0.05) is 6.42 Å². The maximum Gasteiger partial charge on any atom is 0.330 e. The lowest BCUT2D eigenvalue weighted by Gasteiger charge is -2.07. The van der Waals surface area contributed by atoms with Crippen LogP contribution in [-0.4, -0.2) is 18.4 Å². The number of hydrogen-bond donors (Lipinski definition) is 1. The number of aryl methyl sites for hydroxylation is 2. The third kappa shape index (κ3) is 5.40. The molecular weight excluding hydrogens is 278 g/mol. The fraction of sp³-hybridized carbons (Fsp3) is 0.222. The second-order valence-corrected chi connectivity index (χ2v) is 5.05. The fourth-order valence-corrected chi connectivity index (χ4v) is 2.01. The number of carbonyl (C=O) groups excluding carboxylic acids is 2. The summed E-state index contributed by atoms with van der Waals surface area (Å²) in [7, 11) is 0. The van der Waals surface area contributed by atoms with E-state index in [2.05, 4.69) is 5.32 Å². The Balaban J connectivity index is 1.70. The molecule has 2 rings (SSSR count). The molecule has 0 radical (unpaired) electrons. The number of amides is 1. The minimum Gasteiger partial charge on any atom is -0.425 e. The Morgan fingerprint density at radius 2 is 1.82 bits per heavy atom. The SMILES string of the molecule is Cc1cccc(OC(=O)CNC(=O)CCc2ccccc2)c1. The molecule has 2 aromatic carbocycles. The van der Waals surface area contributed by atoms with Gasteiger partial charge >= 0.3 is 5.97 Å². The summed E-state index contributed by atoms with van der Waals surface area (Å²) in [6, 6.07) is 17.0. The number of hydrogen-bond acceptors (Lipinski definition) is 3. The molecular formula is C18H19NO3. The second-order valence-electron chi connectivity index (χ2n) is 5.05. The first-order chi connectivity index (χ1) is 10.6. The first-order valence-corrected chi connectivity index (χ1v) is 7.21. The van der Waals surface area contributed by atoms with Crippen molar-refractivity contribution >= 4 is 11.9 Å². The van der Waals surface area contributed by atoms with Gasteiger partial charge in [0.1, 0.15) is 12.3 Å². The highest BCUT2D eigenvalue weighted by Crippen LogP contribution is 2.12. The van der Waals surface area contributed by atoms with Crippen molar-refractivity contribution in [1.82, 2.24) is 5.32 Å². The topological polar surface area (TPSA) is 55.4 Å². The molecule has 0 unspecified atom stereocenters. The van der Waals surface area contributed by atoms with Crippen LogP contribution in [0.5, 0.6) is 5.75 Å². The van der Waals surface area contributed by atoms with Gasteiger partial charge in [-0.2, -0.15) is 0 Å². The van der Waals surface area contributed by atoms with Gasteiger partial charge < -0.3 is 10.1 Å². The molecule has 114 valence electrons. The Labute approximate surface area is 130 Å². The lowest BCUT2D eigenvalue weighted by Crippen LogP contribution is -2.32. The second kappa shape index (κ2) is 7.98. The number of nitrogens with one attached hydrogen (secondary N) is 1. The lowest BCUT2D eigenvalue weighted by atomic mass is 10.1. The quantitative estimate of drug-likeness (QED) is 0.659. The molecule has 1 N–H and O–H groups in total. The van der Waals surface area contributed by atoms with Gasteiger partial charge in [0.15, 0.2) is 0 Å². The van der Waals surface area contributed by atoms with Gasteiger partial charge in [-0.3, -0.25) is 4.79 Å². The molecule has 0 bridgehead atoms. The lowest BCUT2D eigenvalue weighted by molar-refractivity contribution is -0.135. The number of rotatable bonds is 6. The molecule has 22 heavy (non-hydrogen) atoms. The molecule has 0 spiro atoms. The van der Waals surface area contributed by atoms with E-state index in [1.807, 2.05) is 49.4 Å². The summed E-state index contributed by atoms with van der Waals surface area (Å²) in [5, 5.41) is 2.57. The van der Waals surface area contributed by atoms with E-state index in [4.69, 9.17) is 4.74 Å². The van der Waals surface area contributed by atoms with Crippen molar-refractivity contribution in [2.75, 3.05) is 6.54 Å². The van der Waals surface area contributed by atoms with Crippen LogP contribution in [0.4, 0.5) is 0 Å². The van der Waals surface area contributed by atoms with E-state index in [1.165, 1.54) is 0 Å². The normalized spacial score (nSPS) is 10.0. The zero-order chi connectivity index (χ0) is 15.8. The zero-order valence-electron chi connectivity index (χ0n) is 12.5. The van der Waals surface area contributed by atoms with E-state index in [-0.39, 0.29) is 12.5 Å². The van der Waals surface area contributed by atoms with Crippen LogP contribution in [-0.2, 0) is 16.0 Å². The van der Waals surface area contributed by atoms with E-state index in [0.717, 1.165) is 11.1 Å². The standard InChI is InChI=1S/C18H19NO3/c1-14-6-5-9-16(12-14)22-18(21)13-19-17(20)11-10-15-7-3-2-4-8-15/h2-9,12H,10-11,13H2,1H3,(H,19,20). The van der Waals surface area contributed by atoms with Crippen LogP contribution < -0.4 is 10.1 Å². The van der Waals surface area contributed by atoms with Crippen molar-refractivity contribution in [3.63, 3.8) is 0 Å². The van der Waals surface area contributed by atoms with Gasteiger partial charge in [0.25, 0.3) is 0 Å². The summed E-state index contributed by atoms with van der Waals surface area (Å²) in [5.74, 6) is -0.146. The number of carbonyl (C=O) groups is 2. The summed E-state index contributed by atoms with van der Waals surface area (Å²) in [4.78, 5) is 23.4. The average molecular weight is 297 g/mol. The Kier molecular flexibility index (Phi) is 5.72. The largest absolute Gasteiger partial charge is 0.425 e. The average Bonchev–Trinajstić information content (AvgIpc) is 2.52. The molecule has 0 saturated carbocycles. The monoisotopic (exact) mass is 297 g/mol. The number of esters is 1. The van der Waals surface area contributed by atoms with E-state index in [9.17, 15) is 9.59 Å². The van der Waals surface area contributed by atoms with Crippen LogP contribution in [0.2, 0.25) is 0 Å². The maximum absolute atomic E-state index is 11.7. The summed E-state index contributed by atoms with van der Waals surface area (Å²) in [5.41, 5.74) is 2.11. The molecule has 4 nitrogen and oxygen atoms in total. The minimum absolute atomic E-state index is 0.123. The van der Waals surface area contributed by atoms with Crippen molar-refractivity contribution in [3.8, 4) is 5.75 Å². The highest BCUT2D eigenvalue weighted by Gasteiger charge is 2.08. The van der Waals surface area contributed by atoms with Crippen LogP contribution in [0.3, 0.4) is 0 Å². The summed E-state index contributed by atoms with van der Waals surface area (Å²) in [6.45, 7) is 1.80. The van der Waals surface area contributed by atoms with Gasteiger partial charge in [-0.25, -0.2) is 4.79 Å². The molecule has 0 heterocycles. The molecule has 0 aromatic heterocycles. The van der Waals surface area contributed by atoms with Crippen molar-refractivity contribution in [1.29, 1.82) is 0 Å². The van der Waals surface area contributed by atoms with Crippen molar-refractivity contribution in [3.05, 3.63) is 65.7 Å². The summed E-state index contributed by atoms with van der Waals surface area (Å²) in [6.07, 6.45) is 1.00. The van der Waals surface area contributed by atoms with Gasteiger partial charge in [-0.05, 0) is 36.6 Å². The fourth-order valence-electron chi connectivity index (χ4n) is 2.01. The molecule has 1 amide bonds. The maximum atomic E-state index is 11.7. The van der Waals surface area contributed by atoms with E-state index in [0.29, 0.717) is 18.6 Å². The van der Waals surface area contributed by atoms with Gasteiger partial charge in [-0.15, -0.1) is 0 Å².